The molecule has 1 N–H and O–H groups in total. The molecule has 1 aromatic heterocycles. The van der Waals surface area contributed by atoms with Crippen LogP contribution in [0.4, 0.5) is 5.82 Å². The summed E-state index contributed by atoms with van der Waals surface area (Å²) in [6.07, 6.45) is 2.01. The first-order valence-corrected chi connectivity index (χ1v) is 5.97. The summed E-state index contributed by atoms with van der Waals surface area (Å²) in [7, 11) is 3.23. The molecular weight excluding hydrogens is 244 g/mol. The molecule has 0 atom stereocenters. The van der Waals surface area contributed by atoms with Crippen LogP contribution < -0.4 is 4.90 Å². The van der Waals surface area contributed by atoms with Crippen molar-refractivity contribution >= 4 is 22.6 Å². The predicted molar refractivity (Wildman–Crippen MR) is 73.3 cm³/mol. The van der Waals surface area contributed by atoms with Crippen molar-refractivity contribution in [3.63, 3.8) is 0 Å². The number of nitrogens with zero attached hydrogens (tertiary/aromatic N) is 2. The van der Waals surface area contributed by atoms with E-state index in [0.29, 0.717) is 13.0 Å². The molecule has 0 bridgehead atoms. The van der Waals surface area contributed by atoms with E-state index in [2.05, 4.69) is 9.72 Å². The van der Waals surface area contributed by atoms with Gasteiger partial charge in [-0.3, -0.25) is 4.79 Å². The van der Waals surface area contributed by atoms with Crippen molar-refractivity contribution in [3.8, 4) is 5.75 Å². The maximum Gasteiger partial charge on any atom is 0.307 e. The van der Waals surface area contributed by atoms with Crippen molar-refractivity contribution in [2.75, 3.05) is 25.6 Å². The van der Waals surface area contributed by atoms with Gasteiger partial charge >= 0.3 is 5.97 Å². The number of benzene rings is 1. The number of hydrogen-bond donors (Lipinski definition) is 1. The quantitative estimate of drug-likeness (QED) is 0.851. The second-order valence-electron chi connectivity index (χ2n) is 4.29. The molecule has 5 nitrogen and oxygen atoms in total. The van der Waals surface area contributed by atoms with Crippen molar-refractivity contribution in [1.82, 2.24) is 4.98 Å². The van der Waals surface area contributed by atoms with Gasteiger partial charge in [-0.25, -0.2) is 4.98 Å². The fraction of sp³-hybridized carbons (Fsp3) is 0.286. The predicted octanol–water partition coefficient (Wildman–Crippen LogP) is 1.94. The molecule has 0 saturated heterocycles. The van der Waals surface area contributed by atoms with E-state index in [1.807, 2.05) is 24.1 Å². The minimum atomic E-state index is -0.255. The second-order valence-corrected chi connectivity index (χ2v) is 4.29. The average Bonchev–Trinajstić information content (AvgIpc) is 2.43. The Balaban J connectivity index is 2.28. The largest absolute Gasteiger partial charge is 0.508 e. The maximum atomic E-state index is 11.2. The Morgan fingerprint density at radius 2 is 2.21 bits per heavy atom. The number of carbonyl (C=O) groups is 1. The number of anilines is 1. The fourth-order valence-corrected chi connectivity index (χ4v) is 1.91. The summed E-state index contributed by atoms with van der Waals surface area (Å²) < 4.78 is 4.62. The number of hydrogen-bond acceptors (Lipinski definition) is 5. The Labute approximate surface area is 111 Å². The van der Waals surface area contributed by atoms with E-state index < -0.39 is 0 Å². The van der Waals surface area contributed by atoms with Crippen LogP contribution >= 0.6 is 0 Å². The first kappa shape index (κ1) is 13.1. The Morgan fingerprint density at radius 1 is 1.42 bits per heavy atom. The third kappa shape index (κ3) is 2.93. The fourth-order valence-electron chi connectivity index (χ4n) is 1.91. The van der Waals surface area contributed by atoms with Gasteiger partial charge in [-0.1, -0.05) is 6.07 Å². The number of aromatic nitrogens is 1. The smallest absolute Gasteiger partial charge is 0.307 e. The SMILES string of the molecule is COC(=O)CCN(C)c1nccc2ccc(O)cc12. The molecular formula is C14H16N2O3. The molecule has 0 amide bonds. The number of pyridine rings is 1. The molecule has 1 heterocycles. The van der Waals surface area contributed by atoms with E-state index in [4.69, 9.17) is 0 Å². The molecule has 0 radical (unpaired) electrons. The number of carbonyl (C=O) groups excluding carboxylic acids is 1. The van der Waals surface area contributed by atoms with Crippen LogP contribution in [-0.2, 0) is 9.53 Å². The van der Waals surface area contributed by atoms with Crippen LogP contribution in [0, 0.1) is 0 Å². The third-order valence-corrected chi connectivity index (χ3v) is 2.97. The zero-order chi connectivity index (χ0) is 13.8. The summed E-state index contributed by atoms with van der Waals surface area (Å²) in [5.74, 6) is 0.676. The summed E-state index contributed by atoms with van der Waals surface area (Å²) >= 11 is 0. The highest BCUT2D eigenvalue weighted by molar-refractivity contribution is 5.93. The molecule has 1 aromatic carbocycles. The Morgan fingerprint density at radius 3 is 2.95 bits per heavy atom. The van der Waals surface area contributed by atoms with E-state index in [1.54, 1.807) is 18.3 Å². The Bertz CT molecular complexity index is 598. The molecule has 100 valence electrons. The highest BCUT2D eigenvalue weighted by Gasteiger charge is 2.10. The molecule has 5 heteroatoms. The summed E-state index contributed by atoms with van der Waals surface area (Å²) in [4.78, 5) is 17.3. The third-order valence-electron chi connectivity index (χ3n) is 2.97. The van der Waals surface area contributed by atoms with E-state index in [0.717, 1.165) is 16.6 Å². The van der Waals surface area contributed by atoms with Gasteiger partial charge in [0.1, 0.15) is 11.6 Å². The normalized spacial score (nSPS) is 10.4. The Hall–Kier alpha value is -2.30. The van der Waals surface area contributed by atoms with Crippen LogP contribution in [0.5, 0.6) is 5.75 Å². The van der Waals surface area contributed by atoms with Gasteiger partial charge in [-0.15, -0.1) is 0 Å². The van der Waals surface area contributed by atoms with Crippen LogP contribution in [0.15, 0.2) is 30.5 Å². The lowest BCUT2D eigenvalue weighted by atomic mass is 10.1. The first-order chi connectivity index (χ1) is 9.11. The Kier molecular flexibility index (Phi) is 3.85. The van der Waals surface area contributed by atoms with Crippen LogP contribution in [0.25, 0.3) is 10.8 Å². The lowest BCUT2D eigenvalue weighted by Gasteiger charge is -2.19. The molecule has 0 aliphatic rings. The molecule has 0 saturated carbocycles. The molecule has 0 aliphatic heterocycles. The average molecular weight is 260 g/mol. The van der Waals surface area contributed by atoms with Gasteiger partial charge in [0, 0.05) is 25.2 Å². The molecule has 0 aliphatic carbocycles. The molecule has 0 fully saturated rings. The van der Waals surface area contributed by atoms with Crippen LogP contribution in [0.3, 0.4) is 0 Å². The van der Waals surface area contributed by atoms with E-state index >= 15 is 0 Å². The lowest BCUT2D eigenvalue weighted by molar-refractivity contribution is -0.140. The second kappa shape index (κ2) is 5.56. The van der Waals surface area contributed by atoms with Crippen LogP contribution in [-0.4, -0.2) is 36.8 Å². The van der Waals surface area contributed by atoms with E-state index in [9.17, 15) is 9.90 Å². The zero-order valence-corrected chi connectivity index (χ0v) is 11.0. The number of esters is 1. The van der Waals surface area contributed by atoms with Gasteiger partial charge in [0.25, 0.3) is 0 Å². The molecule has 2 rings (SSSR count). The summed E-state index contributed by atoms with van der Waals surface area (Å²) in [5, 5.41) is 11.4. The van der Waals surface area contributed by atoms with E-state index in [-0.39, 0.29) is 11.7 Å². The molecule has 0 spiro atoms. The summed E-state index contributed by atoms with van der Waals surface area (Å²) in [6, 6.07) is 7.03. The highest BCUT2D eigenvalue weighted by atomic mass is 16.5. The van der Waals surface area contributed by atoms with Crippen molar-refractivity contribution in [2.24, 2.45) is 0 Å². The minimum Gasteiger partial charge on any atom is -0.508 e. The lowest BCUT2D eigenvalue weighted by Crippen LogP contribution is -2.22. The van der Waals surface area contributed by atoms with Crippen molar-refractivity contribution < 1.29 is 14.6 Å². The number of aromatic hydroxyl groups is 1. The number of ether oxygens (including phenoxy) is 1. The molecule has 0 unspecified atom stereocenters. The van der Waals surface area contributed by atoms with Gasteiger partial charge in [0.2, 0.25) is 0 Å². The van der Waals surface area contributed by atoms with Gasteiger partial charge in [0.05, 0.1) is 13.5 Å². The van der Waals surface area contributed by atoms with Crippen molar-refractivity contribution in [3.05, 3.63) is 30.5 Å². The number of methoxy groups -OCH3 is 1. The minimum absolute atomic E-state index is 0.197. The maximum absolute atomic E-state index is 11.2. The molecule has 19 heavy (non-hydrogen) atoms. The summed E-state index contributed by atoms with van der Waals surface area (Å²) in [5.41, 5.74) is 0. The number of phenols is 1. The standard InChI is InChI=1S/C14H16N2O3/c1-16(8-6-13(18)19-2)14-12-9-11(17)4-3-10(12)5-7-15-14/h3-5,7,9,17H,6,8H2,1-2H3. The van der Waals surface area contributed by atoms with E-state index in [1.165, 1.54) is 7.11 Å². The van der Waals surface area contributed by atoms with Crippen molar-refractivity contribution in [2.45, 2.75) is 6.42 Å². The first-order valence-electron chi connectivity index (χ1n) is 5.97. The van der Waals surface area contributed by atoms with Crippen LogP contribution in [0.2, 0.25) is 0 Å². The molecule has 2 aromatic rings. The van der Waals surface area contributed by atoms with Gasteiger partial charge in [-0.2, -0.15) is 0 Å². The number of fused-ring (bicyclic) bond motifs is 1. The van der Waals surface area contributed by atoms with Crippen LogP contribution in [0.1, 0.15) is 6.42 Å². The number of phenolic OH excluding ortho intramolecular Hbond substituents is 1. The van der Waals surface area contributed by atoms with Crippen molar-refractivity contribution in [1.29, 1.82) is 0 Å². The topological polar surface area (TPSA) is 62.7 Å². The monoisotopic (exact) mass is 260 g/mol. The van der Waals surface area contributed by atoms with Gasteiger partial charge < -0.3 is 14.7 Å². The van der Waals surface area contributed by atoms with Gasteiger partial charge in [0.15, 0.2) is 0 Å². The van der Waals surface area contributed by atoms with Gasteiger partial charge in [-0.05, 0) is 23.6 Å². The number of rotatable bonds is 4. The summed E-state index contributed by atoms with van der Waals surface area (Å²) in [6.45, 7) is 0.508. The highest BCUT2D eigenvalue weighted by Crippen LogP contribution is 2.27. The zero-order valence-electron chi connectivity index (χ0n) is 11.0.